The fourth-order valence-corrected chi connectivity index (χ4v) is 5.81. The molecule has 9 heteroatoms. The van der Waals surface area contributed by atoms with E-state index in [0.717, 1.165) is 27.6 Å². The smallest absolute Gasteiger partial charge is 0.242 e. The topological polar surface area (TPSA) is 92.6 Å². The first-order valence-electron chi connectivity index (χ1n) is 13.1. The van der Waals surface area contributed by atoms with Crippen LogP contribution in [0.25, 0.3) is 10.9 Å². The number of halogens is 1. The fraction of sp³-hybridized carbons (Fsp3) is 0.125. The first-order chi connectivity index (χ1) is 19.8. The standard InChI is InChI=1S/C32H29FN4O3S/c1-23-11-17-28(18-12-23)41(39,40)36-30(25-7-3-2-4-8-25)19-32(38)35-34-20-26-22-37(31-10-6-5-9-29(26)31)21-24-13-15-27(33)16-14-24/h2-18,20,22,30,36H,19,21H2,1H3,(H,35,38)/b34-20-/t30-/m0/s1. The van der Waals surface area contributed by atoms with Crippen molar-refractivity contribution in [1.29, 1.82) is 0 Å². The Morgan fingerprint density at radius 2 is 1.61 bits per heavy atom. The van der Waals surface area contributed by atoms with Crippen molar-refractivity contribution in [2.75, 3.05) is 0 Å². The molecule has 0 radical (unpaired) electrons. The van der Waals surface area contributed by atoms with Crippen LogP contribution in [0, 0.1) is 12.7 Å². The average molecular weight is 569 g/mol. The molecule has 0 unspecified atom stereocenters. The van der Waals surface area contributed by atoms with Crippen LogP contribution in [0.1, 0.15) is 34.7 Å². The summed E-state index contributed by atoms with van der Waals surface area (Å²) in [6, 6.07) is 28.9. The fourth-order valence-electron chi connectivity index (χ4n) is 4.59. The first-order valence-corrected chi connectivity index (χ1v) is 14.5. The molecule has 2 N–H and O–H groups in total. The quantitative estimate of drug-likeness (QED) is 0.167. The molecular weight excluding hydrogens is 539 g/mol. The molecule has 0 saturated carbocycles. The molecule has 0 aliphatic heterocycles. The molecule has 208 valence electrons. The number of aromatic nitrogens is 1. The summed E-state index contributed by atoms with van der Waals surface area (Å²) in [5.41, 5.74) is 6.86. The Bertz CT molecular complexity index is 1780. The maximum absolute atomic E-state index is 13.3. The lowest BCUT2D eigenvalue weighted by molar-refractivity contribution is -0.121. The van der Waals surface area contributed by atoms with Gasteiger partial charge < -0.3 is 4.57 Å². The predicted octanol–water partition coefficient (Wildman–Crippen LogP) is 5.70. The van der Waals surface area contributed by atoms with Gasteiger partial charge in [-0.05, 0) is 48.4 Å². The van der Waals surface area contributed by atoms with Crippen LogP contribution in [0.2, 0.25) is 0 Å². The SMILES string of the molecule is Cc1ccc(S(=O)(=O)N[C@@H](CC(=O)N/N=C\c2cn(Cc3ccc(F)cc3)c3ccccc23)c2ccccc2)cc1. The van der Waals surface area contributed by atoms with E-state index in [0.29, 0.717) is 12.1 Å². The second-order valence-corrected chi connectivity index (χ2v) is 11.5. The molecule has 7 nitrogen and oxygen atoms in total. The van der Waals surface area contributed by atoms with E-state index in [1.54, 1.807) is 54.7 Å². The van der Waals surface area contributed by atoms with Gasteiger partial charge in [0.05, 0.1) is 17.2 Å². The highest BCUT2D eigenvalue weighted by Crippen LogP contribution is 2.23. The van der Waals surface area contributed by atoms with Gasteiger partial charge >= 0.3 is 0 Å². The summed E-state index contributed by atoms with van der Waals surface area (Å²) in [4.78, 5) is 13.1. The summed E-state index contributed by atoms with van der Waals surface area (Å²) in [5.74, 6) is -0.733. The number of hydrogen-bond donors (Lipinski definition) is 2. The molecule has 0 bridgehead atoms. The van der Waals surface area contributed by atoms with Crippen LogP contribution in [0.3, 0.4) is 0 Å². The predicted molar refractivity (Wildman–Crippen MR) is 158 cm³/mol. The maximum Gasteiger partial charge on any atom is 0.242 e. The van der Waals surface area contributed by atoms with Gasteiger partial charge in [-0.25, -0.2) is 23.0 Å². The maximum atomic E-state index is 13.3. The van der Waals surface area contributed by atoms with Gasteiger partial charge in [0.15, 0.2) is 0 Å². The highest BCUT2D eigenvalue weighted by molar-refractivity contribution is 7.89. The Morgan fingerprint density at radius 3 is 2.34 bits per heavy atom. The van der Waals surface area contributed by atoms with Gasteiger partial charge in [0, 0.05) is 35.6 Å². The minimum Gasteiger partial charge on any atom is -0.342 e. The molecule has 0 fully saturated rings. The van der Waals surface area contributed by atoms with Crippen LogP contribution in [0.4, 0.5) is 4.39 Å². The van der Waals surface area contributed by atoms with E-state index in [1.165, 1.54) is 24.3 Å². The molecule has 5 rings (SSSR count). The van der Waals surface area contributed by atoms with Gasteiger partial charge in [-0.1, -0.05) is 78.4 Å². The number of para-hydroxylation sites is 1. The average Bonchev–Trinajstić information content (AvgIpc) is 3.31. The Labute approximate surface area is 238 Å². The lowest BCUT2D eigenvalue weighted by Crippen LogP contribution is -2.32. The highest BCUT2D eigenvalue weighted by atomic mass is 32.2. The van der Waals surface area contributed by atoms with E-state index in [4.69, 9.17) is 0 Å². The summed E-state index contributed by atoms with van der Waals surface area (Å²) in [6.45, 7) is 2.42. The molecule has 0 aliphatic rings. The van der Waals surface area contributed by atoms with Crippen molar-refractivity contribution < 1.29 is 17.6 Å². The number of carbonyl (C=O) groups is 1. The van der Waals surface area contributed by atoms with E-state index >= 15 is 0 Å². The van der Waals surface area contributed by atoms with Crippen molar-refractivity contribution in [2.45, 2.75) is 30.8 Å². The van der Waals surface area contributed by atoms with Gasteiger partial charge in [0.1, 0.15) is 5.82 Å². The van der Waals surface area contributed by atoms with Crippen LogP contribution < -0.4 is 10.1 Å². The number of sulfonamides is 1. The van der Waals surface area contributed by atoms with Crippen molar-refractivity contribution in [1.82, 2.24) is 14.7 Å². The number of benzene rings is 4. The zero-order valence-corrected chi connectivity index (χ0v) is 23.2. The van der Waals surface area contributed by atoms with Gasteiger partial charge in [-0.2, -0.15) is 5.10 Å². The van der Waals surface area contributed by atoms with Crippen molar-refractivity contribution >= 4 is 33.0 Å². The molecule has 1 aromatic heterocycles. The molecule has 41 heavy (non-hydrogen) atoms. The number of fused-ring (bicyclic) bond motifs is 1. The monoisotopic (exact) mass is 568 g/mol. The number of nitrogens with one attached hydrogen (secondary N) is 2. The van der Waals surface area contributed by atoms with E-state index < -0.39 is 22.0 Å². The first kappa shape index (κ1) is 27.9. The molecule has 0 aliphatic carbocycles. The summed E-state index contributed by atoms with van der Waals surface area (Å²) >= 11 is 0. The van der Waals surface area contributed by atoms with Crippen molar-refractivity contribution in [2.24, 2.45) is 5.10 Å². The molecule has 5 aromatic rings. The second kappa shape index (κ2) is 12.3. The molecule has 0 saturated heterocycles. The summed E-state index contributed by atoms with van der Waals surface area (Å²) in [7, 11) is -3.88. The largest absolute Gasteiger partial charge is 0.342 e. The third kappa shape index (κ3) is 6.95. The number of carbonyl (C=O) groups excluding carboxylic acids is 1. The van der Waals surface area contributed by atoms with E-state index in [9.17, 15) is 17.6 Å². The lowest BCUT2D eigenvalue weighted by atomic mass is 10.0. The van der Waals surface area contributed by atoms with Crippen molar-refractivity contribution in [3.8, 4) is 0 Å². The lowest BCUT2D eigenvalue weighted by Gasteiger charge is -2.18. The van der Waals surface area contributed by atoms with Crippen LogP contribution in [0.5, 0.6) is 0 Å². The molecule has 1 heterocycles. The van der Waals surface area contributed by atoms with Crippen LogP contribution >= 0.6 is 0 Å². The molecular formula is C32H29FN4O3S. The van der Waals surface area contributed by atoms with Crippen LogP contribution in [-0.4, -0.2) is 25.1 Å². The number of rotatable bonds is 10. The summed E-state index contributed by atoms with van der Waals surface area (Å²) in [5, 5.41) is 5.12. The summed E-state index contributed by atoms with van der Waals surface area (Å²) in [6.07, 6.45) is 3.33. The Balaban J connectivity index is 1.31. The Hall–Kier alpha value is -4.60. The molecule has 1 amide bonds. The summed E-state index contributed by atoms with van der Waals surface area (Å²) < 4.78 is 44.2. The van der Waals surface area contributed by atoms with E-state index in [2.05, 4.69) is 15.2 Å². The zero-order chi connectivity index (χ0) is 28.8. The van der Waals surface area contributed by atoms with Gasteiger partial charge in [0.2, 0.25) is 15.9 Å². The number of hydrogen-bond acceptors (Lipinski definition) is 4. The molecule has 4 aromatic carbocycles. The number of hydrazone groups is 1. The van der Waals surface area contributed by atoms with Gasteiger partial charge in [-0.3, -0.25) is 4.79 Å². The third-order valence-corrected chi connectivity index (χ3v) is 8.19. The van der Waals surface area contributed by atoms with E-state index in [-0.39, 0.29) is 17.1 Å². The van der Waals surface area contributed by atoms with Crippen molar-refractivity contribution in [3.63, 3.8) is 0 Å². The highest BCUT2D eigenvalue weighted by Gasteiger charge is 2.23. The zero-order valence-electron chi connectivity index (χ0n) is 22.4. The Morgan fingerprint density at radius 1 is 0.927 bits per heavy atom. The van der Waals surface area contributed by atoms with Crippen LogP contribution in [0.15, 0.2) is 119 Å². The number of nitrogens with zero attached hydrogens (tertiary/aromatic N) is 2. The second-order valence-electron chi connectivity index (χ2n) is 9.75. The third-order valence-electron chi connectivity index (χ3n) is 6.70. The van der Waals surface area contributed by atoms with Gasteiger partial charge in [-0.15, -0.1) is 0 Å². The number of amides is 1. The van der Waals surface area contributed by atoms with E-state index in [1.807, 2.05) is 48.0 Å². The molecule has 0 spiro atoms. The molecule has 1 atom stereocenters. The Kier molecular flexibility index (Phi) is 8.37. The minimum atomic E-state index is -3.88. The van der Waals surface area contributed by atoms with Crippen molar-refractivity contribution in [3.05, 3.63) is 137 Å². The van der Waals surface area contributed by atoms with Crippen LogP contribution in [-0.2, 0) is 21.4 Å². The minimum absolute atomic E-state index is 0.125. The number of aryl methyl sites for hydroxylation is 1. The normalized spacial score (nSPS) is 12.5. The van der Waals surface area contributed by atoms with Gasteiger partial charge in [0.25, 0.3) is 0 Å².